The van der Waals surface area contributed by atoms with Crippen LogP contribution in [0, 0.1) is 11.6 Å². The molecule has 0 unspecified atom stereocenters. The number of halogens is 3. The maximum absolute atomic E-state index is 12.8. The molecular weight excluding hydrogens is 220 g/mol. The van der Waals surface area contributed by atoms with Crippen molar-refractivity contribution in [3.63, 3.8) is 0 Å². The first-order valence-electron chi connectivity index (χ1n) is 3.27. The number of phenols is 1. The number of ether oxygens (including phenoxy) is 1. The number of aromatic hydroxyl groups is 1. The van der Waals surface area contributed by atoms with Gasteiger partial charge >= 0.3 is 6.09 Å². The largest absolute Gasteiger partial charge is 0.503 e. The molecule has 1 aromatic carbocycles. The van der Waals surface area contributed by atoms with Crippen LogP contribution in [0.4, 0.5) is 13.6 Å². The Kier molecular flexibility index (Phi) is 2.76. The van der Waals surface area contributed by atoms with Crippen molar-refractivity contribution in [3.8, 4) is 11.5 Å². The molecular formula is C7H4ClF2NO3. The van der Waals surface area contributed by atoms with E-state index in [0.717, 1.165) is 0 Å². The third-order valence-corrected chi connectivity index (χ3v) is 1.66. The Hall–Kier alpha value is -1.56. The van der Waals surface area contributed by atoms with Crippen molar-refractivity contribution < 1.29 is 23.4 Å². The van der Waals surface area contributed by atoms with Crippen LogP contribution in [0.5, 0.6) is 11.5 Å². The lowest BCUT2D eigenvalue weighted by molar-refractivity contribution is 0.210. The van der Waals surface area contributed by atoms with E-state index in [1.165, 1.54) is 0 Å². The van der Waals surface area contributed by atoms with Crippen LogP contribution in [-0.4, -0.2) is 11.2 Å². The Morgan fingerprint density at radius 1 is 1.57 bits per heavy atom. The van der Waals surface area contributed by atoms with E-state index in [4.69, 9.17) is 16.7 Å². The van der Waals surface area contributed by atoms with Gasteiger partial charge in [0.05, 0.1) is 0 Å². The van der Waals surface area contributed by atoms with E-state index in [1.807, 2.05) is 0 Å². The van der Waals surface area contributed by atoms with E-state index >= 15 is 0 Å². The molecule has 0 saturated carbocycles. The number of phenolic OH excluding ortho intramolecular Hbond substituents is 1. The number of hydrogen-bond acceptors (Lipinski definition) is 3. The maximum Gasteiger partial charge on any atom is 0.410 e. The Morgan fingerprint density at radius 3 is 2.64 bits per heavy atom. The van der Waals surface area contributed by atoms with Gasteiger partial charge in [0, 0.05) is 6.07 Å². The highest BCUT2D eigenvalue weighted by molar-refractivity contribution is 6.32. The molecule has 0 aliphatic rings. The van der Waals surface area contributed by atoms with Crippen LogP contribution in [0.15, 0.2) is 6.07 Å². The minimum Gasteiger partial charge on any atom is -0.503 e. The molecule has 0 fully saturated rings. The number of amides is 1. The van der Waals surface area contributed by atoms with Gasteiger partial charge in [-0.25, -0.2) is 13.6 Å². The molecule has 1 rings (SSSR count). The lowest BCUT2D eigenvalue weighted by atomic mass is 10.3. The highest BCUT2D eigenvalue weighted by Crippen LogP contribution is 2.34. The molecule has 1 aromatic rings. The average molecular weight is 224 g/mol. The third-order valence-electron chi connectivity index (χ3n) is 1.31. The van der Waals surface area contributed by atoms with Gasteiger partial charge in [0.2, 0.25) is 0 Å². The molecule has 0 spiro atoms. The Labute approximate surface area is 81.8 Å². The van der Waals surface area contributed by atoms with Crippen molar-refractivity contribution >= 4 is 17.7 Å². The van der Waals surface area contributed by atoms with Gasteiger partial charge in [-0.3, -0.25) is 0 Å². The Morgan fingerprint density at radius 2 is 2.14 bits per heavy atom. The van der Waals surface area contributed by atoms with Crippen molar-refractivity contribution in [2.24, 2.45) is 5.73 Å². The van der Waals surface area contributed by atoms with E-state index < -0.39 is 34.2 Å². The molecule has 14 heavy (non-hydrogen) atoms. The first-order valence-corrected chi connectivity index (χ1v) is 3.65. The minimum absolute atomic E-state index is 0.547. The fourth-order valence-electron chi connectivity index (χ4n) is 0.746. The summed E-state index contributed by atoms with van der Waals surface area (Å²) in [6.07, 6.45) is -1.27. The van der Waals surface area contributed by atoms with Crippen molar-refractivity contribution in [2.45, 2.75) is 0 Å². The molecule has 0 heterocycles. The highest BCUT2D eigenvalue weighted by atomic mass is 35.5. The topological polar surface area (TPSA) is 72.6 Å². The summed E-state index contributed by atoms with van der Waals surface area (Å²) in [5.41, 5.74) is 4.60. The molecule has 0 atom stereocenters. The lowest BCUT2D eigenvalue weighted by Crippen LogP contribution is -2.16. The number of carbonyl (C=O) groups excluding carboxylic acids is 1. The summed E-state index contributed by atoms with van der Waals surface area (Å²) in [5.74, 6) is -4.55. The van der Waals surface area contributed by atoms with E-state index in [9.17, 15) is 13.6 Å². The Bertz CT molecular complexity index is 397. The monoisotopic (exact) mass is 223 g/mol. The fourth-order valence-corrected chi connectivity index (χ4v) is 0.929. The molecule has 4 nitrogen and oxygen atoms in total. The molecule has 0 saturated heterocycles. The van der Waals surface area contributed by atoms with Crippen LogP contribution < -0.4 is 10.5 Å². The second-order valence-corrected chi connectivity index (χ2v) is 2.63. The number of primary amides is 1. The van der Waals surface area contributed by atoms with Gasteiger partial charge in [0.15, 0.2) is 23.1 Å². The summed E-state index contributed by atoms with van der Waals surface area (Å²) in [6, 6.07) is 0.547. The standard InChI is InChI=1S/C7H4ClF2NO3/c8-4-3(14-7(11)13)1-2(9)6(12)5(4)10/h1,12H,(H2,11,13). The zero-order valence-electron chi connectivity index (χ0n) is 6.55. The number of benzene rings is 1. The second kappa shape index (κ2) is 3.67. The first kappa shape index (κ1) is 10.5. The normalized spacial score (nSPS) is 9.93. The molecule has 3 N–H and O–H groups in total. The molecule has 1 amide bonds. The number of hydrogen-bond donors (Lipinski definition) is 2. The van der Waals surface area contributed by atoms with Crippen molar-refractivity contribution in [1.29, 1.82) is 0 Å². The fraction of sp³-hybridized carbons (Fsp3) is 0. The van der Waals surface area contributed by atoms with E-state index in [0.29, 0.717) is 6.07 Å². The third kappa shape index (κ3) is 1.85. The predicted octanol–water partition coefficient (Wildman–Crippen LogP) is 1.78. The van der Waals surface area contributed by atoms with E-state index in [2.05, 4.69) is 10.5 Å². The Balaban J connectivity index is 3.25. The summed E-state index contributed by atoms with van der Waals surface area (Å²) in [7, 11) is 0. The van der Waals surface area contributed by atoms with Gasteiger partial charge in [-0.1, -0.05) is 11.6 Å². The van der Waals surface area contributed by atoms with Crippen LogP contribution in [0.25, 0.3) is 0 Å². The zero-order chi connectivity index (χ0) is 10.9. The highest BCUT2D eigenvalue weighted by Gasteiger charge is 2.18. The van der Waals surface area contributed by atoms with Crippen LogP contribution in [-0.2, 0) is 0 Å². The molecule has 0 aliphatic carbocycles. The quantitative estimate of drug-likeness (QED) is 0.713. The summed E-state index contributed by atoms with van der Waals surface area (Å²) in [5, 5.41) is 8.02. The number of carbonyl (C=O) groups is 1. The predicted molar refractivity (Wildman–Crippen MR) is 43.2 cm³/mol. The molecule has 0 bridgehead atoms. The second-order valence-electron chi connectivity index (χ2n) is 2.25. The first-order chi connectivity index (χ1) is 6.43. The zero-order valence-corrected chi connectivity index (χ0v) is 7.31. The lowest BCUT2D eigenvalue weighted by Gasteiger charge is -2.05. The van der Waals surface area contributed by atoms with Gasteiger partial charge in [0.25, 0.3) is 0 Å². The van der Waals surface area contributed by atoms with Crippen molar-refractivity contribution in [2.75, 3.05) is 0 Å². The summed E-state index contributed by atoms with van der Waals surface area (Å²) < 4.78 is 29.7. The average Bonchev–Trinajstić information content (AvgIpc) is 2.10. The van der Waals surface area contributed by atoms with Gasteiger partial charge in [-0.05, 0) is 0 Å². The molecule has 76 valence electrons. The molecule has 0 aliphatic heterocycles. The molecule has 0 radical (unpaired) electrons. The van der Waals surface area contributed by atoms with Gasteiger partial charge < -0.3 is 15.6 Å². The van der Waals surface area contributed by atoms with Crippen molar-refractivity contribution in [1.82, 2.24) is 0 Å². The van der Waals surface area contributed by atoms with E-state index in [1.54, 1.807) is 0 Å². The van der Waals surface area contributed by atoms with Crippen LogP contribution in [0.1, 0.15) is 0 Å². The van der Waals surface area contributed by atoms with Crippen LogP contribution in [0.2, 0.25) is 5.02 Å². The van der Waals surface area contributed by atoms with Crippen LogP contribution in [0.3, 0.4) is 0 Å². The van der Waals surface area contributed by atoms with Crippen molar-refractivity contribution in [3.05, 3.63) is 22.7 Å². The van der Waals surface area contributed by atoms with Gasteiger partial charge in [0.1, 0.15) is 5.02 Å². The van der Waals surface area contributed by atoms with Gasteiger partial charge in [-0.15, -0.1) is 0 Å². The van der Waals surface area contributed by atoms with Gasteiger partial charge in [-0.2, -0.15) is 0 Å². The number of rotatable bonds is 1. The summed E-state index contributed by atoms with van der Waals surface area (Å²) >= 11 is 5.28. The number of nitrogens with two attached hydrogens (primary N) is 1. The minimum atomic E-state index is -1.41. The SMILES string of the molecule is NC(=O)Oc1cc(F)c(O)c(F)c1Cl. The van der Waals surface area contributed by atoms with E-state index in [-0.39, 0.29) is 0 Å². The summed E-state index contributed by atoms with van der Waals surface area (Å²) in [4.78, 5) is 10.3. The smallest absolute Gasteiger partial charge is 0.410 e. The maximum atomic E-state index is 12.8. The molecule has 0 aromatic heterocycles. The van der Waals surface area contributed by atoms with Crippen LogP contribution >= 0.6 is 11.6 Å². The summed E-state index contributed by atoms with van der Waals surface area (Å²) in [6.45, 7) is 0. The molecule has 7 heteroatoms.